The van der Waals surface area contributed by atoms with E-state index in [0.29, 0.717) is 40.1 Å². The number of alkyl halides is 2. The number of pyridine rings is 2. The lowest BCUT2D eigenvalue weighted by Gasteiger charge is -2.19. The Morgan fingerprint density at radius 3 is 1.58 bits per heavy atom. The van der Waals surface area contributed by atoms with Crippen LogP contribution in [-0.2, 0) is 23.7 Å². The number of methoxy groups -OCH3 is 2. The summed E-state index contributed by atoms with van der Waals surface area (Å²) in [5, 5.41) is 9.84. The monoisotopic (exact) mass is 812 g/mol. The lowest BCUT2D eigenvalue weighted by Crippen LogP contribution is -2.17. The number of fused-ring (bicyclic) bond motifs is 2. The van der Waals surface area contributed by atoms with Gasteiger partial charge in [0.25, 0.3) is 0 Å². The zero-order valence-electron chi connectivity index (χ0n) is 33.3. The maximum absolute atomic E-state index is 13.5. The summed E-state index contributed by atoms with van der Waals surface area (Å²) < 4.78 is 55.0. The van der Waals surface area contributed by atoms with Gasteiger partial charge in [0, 0.05) is 46.0 Å². The number of ether oxygens (including phenoxy) is 4. The van der Waals surface area contributed by atoms with Crippen LogP contribution in [0.15, 0.2) is 36.7 Å². The highest BCUT2D eigenvalue weighted by Crippen LogP contribution is 2.42. The number of hydrogen-bond acceptors (Lipinski definition) is 14. The molecule has 6 aromatic rings. The van der Waals surface area contributed by atoms with Gasteiger partial charge in [-0.05, 0) is 37.1 Å². The van der Waals surface area contributed by atoms with Crippen LogP contribution in [0, 0.1) is 11.8 Å². The Morgan fingerprint density at radius 2 is 1.15 bits per heavy atom. The van der Waals surface area contributed by atoms with Crippen LogP contribution in [-0.4, -0.2) is 112 Å². The van der Waals surface area contributed by atoms with Crippen LogP contribution in [0.1, 0.15) is 12.8 Å². The molecule has 6 aromatic heterocycles. The number of aryl methyl sites for hydroxylation is 2. The SMILES string of the molecule is CNc1nc(OC)c(-c2cc3cc(NC(=O)[C@@H]4C[C@@H]4F)ncc3n2C)c(OCCOc2nc(N(C)C)nc(OC)c2-c2cc3cc(NC(=O)[C@@H]4C[C@@H]4F)ncc3n2C)n1. The summed E-state index contributed by atoms with van der Waals surface area (Å²) >= 11 is 0. The minimum atomic E-state index is -1.13. The second-order valence-corrected chi connectivity index (χ2v) is 14.4. The summed E-state index contributed by atoms with van der Waals surface area (Å²) in [6.45, 7) is 0.00250. The fourth-order valence-electron chi connectivity index (χ4n) is 6.75. The molecule has 20 heteroatoms. The van der Waals surface area contributed by atoms with E-state index in [-0.39, 0.29) is 55.5 Å². The van der Waals surface area contributed by atoms with E-state index in [0.717, 1.165) is 21.8 Å². The first kappa shape index (κ1) is 39.0. The molecule has 8 rings (SSSR count). The number of nitrogens with zero attached hydrogens (tertiary/aromatic N) is 9. The molecule has 0 unspecified atom stereocenters. The second kappa shape index (κ2) is 15.5. The van der Waals surface area contributed by atoms with Gasteiger partial charge in [0.1, 0.15) is 48.3 Å². The van der Waals surface area contributed by atoms with Crippen LogP contribution in [0.5, 0.6) is 23.5 Å². The van der Waals surface area contributed by atoms with Crippen LogP contribution in [0.4, 0.5) is 32.3 Å². The molecular formula is C39H42F2N12O6. The smallest absolute Gasteiger partial charge is 0.231 e. The Balaban J connectivity index is 1.08. The van der Waals surface area contributed by atoms with E-state index in [1.54, 1.807) is 50.6 Å². The predicted molar refractivity (Wildman–Crippen MR) is 215 cm³/mol. The molecule has 2 fully saturated rings. The van der Waals surface area contributed by atoms with Crippen LogP contribution < -0.4 is 39.8 Å². The highest BCUT2D eigenvalue weighted by atomic mass is 19.1. The van der Waals surface area contributed by atoms with Gasteiger partial charge in [0.2, 0.25) is 47.2 Å². The number of nitrogens with one attached hydrogen (secondary N) is 3. The molecule has 2 aliphatic carbocycles. The van der Waals surface area contributed by atoms with Crippen molar-refractivity contribution >= 4 is 57.2 Å². The van der Waals surface area contributed by atoms with Crippen LogP contribution >= 0.6 is 0 Å². The van der Waals surface area contributed by atoms with Crippen molar-refractivity contribution in [1.29, 1.82) is 0 Å². The number of halogens is 2. The second-order valence-electron chi connectivity index (χ2n) is 14.4. The summed E-state index contributed by atoms with van der Waals surface area (Å²) in [6, 6.07) is 7.18. The lowest BCUT2D eigenvalue weighted by molar-refractivity contribution is -0.118. The molecule has 0 aromatic carbocycles. The first-order valence-electron chi connectivity index (χ1n) is 18.7. The molecule has 4 atom stereocenters. The number of carbonyl (C=O) groups is 2. The van der Waals surface area contributed by atoms with Crippen molar-refractivity contribution in [3.63, 3.8) is 0 Å². The summed E-state index contributed by atoms with van der Waals surface area (Å²) in [5.74, 6) is -0.0105. The summed E-state index contributed by atoms with van der Waals surface area (Å²) in [5.41, 5.74) is 3.67. The summed E-state index contributed by atoms with van der Waals surface area (Å²) in [7, 11) is 12.0. The van der Waals surface area contributed by atoms with Crippen molar-refractivity contribution in [3.8, 4) is 46.0 Å². The lowest BCUT2D eigenvalue weighted by atomic mass is 10.2. The van der Waals surface area contributed by atoms with E-state index in [9.17, 15) is 18.4 Å². The van der Waals surface area contributed by atoms with Gasteiger partial charge in [0.15, 0.2) is 0 Å². The summed E-state index contributed by atoms with van der Waals surface area (Å²) in [4.78, 5) is 53.8. The van der Waals surface area contributed by atoms with E-state index < -0.39 is 36.0 Å². The van der Waals surface area contributed by atoms with Gasteiger partial charge in [-0.2, -0.15) is 19.9 Å². The molecule has 0 radical (unpaired) electrons. The number of rotatable bonds is 15. The van der Waals surface area contributed by atoms with Gasteiger partial charge >= 0.3 is 0 Å². The average Bonchev–Trinajstić information content (AvgIpc) is 4.10. The largest absolute Gasteiger partial charge is 0.480 e. The number of anilines is 4. The number of carbonyl (C=O) groups excluding carboxylic acids is 2. The van der Waals surface area contributed by atoms with Crippen LogP contribution in [0.25, 0.3) is 44.3 Å². The Bertz CT molecular complexity index is 2620. The standard InChI is InChI=1S/C39H42F2N12O6/c1-42-38-47-34(56-6)30(24-10-18-12-28(43-16-26(18)52(24)4)45-32(54)20-14-22(20)40)36(48-38)58-8-9-59-37-31(35(57-7)49-39(50-37)51(2)3)25-11-19-13-29(44-17-27(19)53(25)5)46-33(55)21-15-23(21)41/h10-13,16-17,20-23H,8-9,14-15H2,1-7H3,(H,42,47,48)(H,43,45,54)(H,44,46,55)/t20-,21-,22+,23+/m1/s1. The fourth-order valence-corrected chi connectivity index (χ4v) is 6.75. The molecule has 0 spiro atoms. The molecular weight excluding hydrogens is 771 g/mol. The van der Waals surface area contributed by atoms with Crippen LogP contribution in [0.2, 0.25) is 0 Å². The average molecular weight is 813 g/mol. The quantitative estimate of drug-likeness (QED) is 0.122. The number of amides is 2. The Morgan fingerprint density at radius 1 is 0.729 bits per heavy atom. The molecule has 2 amide bonds. The minimum Gasteiger partial charge on any atom is -0.480 e. The van der Waals surface area contributed by atoms with E-state index in [1.807, 2.05) is 35.4 Å². The van der Waals surface area contributed by atoms with Crippen LogP contribution in [0.3, 0.4) is 0 Å². The number of aromatic nitrogens is 8. The third kappa shape index (κ3) is 7.52. The maximum Gasteiger partial charge on any atom is 0.231 e. The number of hydrogen-bond donors (Lipinski definition) is 3. The molecule has 59 heavy (non-hydrogen) atoms. The van der Waals surface area contributed by atoms with E-state index in [2.05, 4.69) is 40.9 Å². The topological polar surface area (TPSA) is 198 Å². The van der Waals surface area contributed by atoms with Crippen molar-refractivity contribution in [2.45, 2.75) is 25.2 Å². The van der Waals surface area contributed by atoms with Crippen molar-refractivity contribution in [1.82, 2.24) is 39.0 Å². The first-order valence-corrected chi connectivity index (χ1v) is 18.7. The zero-order chi connectivity index (χ0) is 41.7. The third-order valence-corrected chi connectivity index (χ3v) is 10.2. The van der Waals surface area contributed by atoms with Gasteiger partial charge < -0.3 is 48.9 Å². The molecule has 0 bridgehead atoms. The van der Waals surface area contributed by atoms with E-state index in [4.69, 9.17) is 23.9 Å². The van der Waals surface area contributed by atoms with Gasteiger partial charge in [-0.25, -0.2) is 18.7 Å². The van der Waals surface area contributed by atoms with E-state index in [1.165, 1.54) is 14.2 Å². The molecule has 0 aliphatic heterocycles. The molecule has 6 heterocycles. The van der Waals surface area contributed by atoms with Crippen molar-refractivity contribution in [2.24, 2.45) is 25.9 Å². The Hall–Kier alpha value is -6.86. The highest BCUT2D eigenvalue weighted by Gasteiger charge is 2.44. The summed E-state index contributed by atoms with van der Waals surface area (Å²) in [6.07, 6.45) is 1.41. The maximum atomic E-state index is 13.5. The molecule has 18 nitrogen and oxygen atoms in total. The fraction of sp³-hybridized carbons (Fsp3) is 0.385. The van der Waals surface area contributed by atoms with E-state index >= 15 is 0 Å². The molecule has 2 aliphatic rings. The van der Waals surface area contributed by atoms with Gasteiger partial charge in [0.05, 0.1) is 60.9 Å². The minimum absolute atomic E-state index is 0.000605. The highest BCUT2D eigenvalue weighted by molar-refractivity contribution is 5.98. The van der Waals surface area contributed by atoms with Crippen molar-refractivity contribution in [3.05, 3.63) is 36.7 Å². The molecule has 2 saturated carbocycles. The van der Waals surface area contributed by atoms with Crippen molar-refractivity contribution < 1.29 is 37.3 Å². The molecule has 3 N–H and O–H groups in total. The Kier molecular flexibility index (Phi) is 10.2. The van der Waals surface area contributed by atoms with Gasteiger partial charge in [-0.15, -0.1) is 0 Å². The molecule has 308 valence electrons. The van der Waals surface area contributed by atoms with Gasteiger partial charge in [-0.1, -0.05) is 0 Å². The third-order valence-electron chi connectivity index (χ3n) is 10.2. The predicted octanol–water partition coefficient (Wildman–Crippen LogP) is 4.55. The Labute approximate surface area is 336 Å². The molecule has 0 saturated heterocycles. The van der Waals surface area contributed by atoms with Gasteiger partial charge in [-0.3, -0.25) is 9.59 Å². The van der Waals surface area contributed by atoms with Crippen molar-refractivity contribution in [2.75, 3.05) is 69.4 Å². The zero-order valence-corrected chi connectivity index (χ0v) is 33.3. The first-order chi connectivity index (χ1) is 28.4. The normalized spacial score (nSPS) is 18.1.